The second kappa shape index (κ2) is 6.88. The van der Waals surface area contributed by atoms with Gasteiger partial charge >= 0.3 is 6.09 Å². The molecule has 1 aromatic heterocycles. The first kappa shape index (κ1) is 14.3. The Kier molecular flexibility index (Phi) is 4.92. The number of nitrogens with zero attached hydrogens (tertiary/aromatic N) is 2. The summed E-state index contributed by atoms with van der Waals surface area (Å²) >= 11 is 0. The van der Waals surface area contributed by atoms with Crippen LogP contribution in [0.25, 0.3) is 0 Å². The maximum atomic E-state index is 12.2. The zero-order chi connectivity index (χ0) is 14.4. The van der Waals surface area contributed by atoms with E-state index in [0.717, 1.165) is 12.8 Å². The highest BCUT2D eigenvalue weighted by atomic mass is 16.6. The molecule has 0 radical (unpaired) electrons. The fourth-order valence-electron chi connectivity index (χ4n) is 2.25. The molecule has 2 heterocycles. The van der Waals surface area contributed by atoms with Crippen LogP contribution >= 0.6 is 0 Å². The van der Waals surface area contributed by atoms with E-state index in [4.69, 9.17) is 4.74 Å². The van der Waals surface area contributed by atoms with Crippen molar-refractivity contribution in [2.45, 2.75) is 19.8 Å². The number of piperidine rings is 1. The Labute approximate surface area is 118 Å². The Balaban J connectivity index is 1.91. The second-order valence-electron chi connectivity index (χ2n) is 4.72. The van der Waals surface area contributed by atoms with Crippen molar-refractivity contribution in [1.29, 1.82) is 0 Å². The zero-order valence-electron chi connectivity index (χ0n) is 11.5. The Morgan fingerprint density at radius 2 is 2.40 bits per heavy atom. The molecule has 1 saturated heterocycles. The fraction of sp³-hybridized carbons (Fsp3) is 0.500. The number of pyridine rings is 1. The molecule has 0 aliphatic carbocycles. The van der Waals surface area contributed by atoms with Crippen molar-refractivity contribution in [3.63, 3.8) is 0 Å². The molecule has 0 bridgehead atoms. The van der Waals surface area contributed by atoms with Gasteiger partial charge in [-0.1, -0.05) is 0 Å². The van der Waals surface area contributed by atoms with E-state index in [2.05, 4.69) is 10.3 Å². The SMILES string of the molecule is CCOC(=O)N1CCC[C@H](C(=O)Nc2cccnc2)C1. The number of hydrogen-bond donors (Lipinski definition) is 1. The molecule has 2 amide bonds. The largest absolute Gasteiger partial charge is 0.450 e. The van der Waals surface area contributed by atoms with Gasteiger partial charge < -0.3 is 15.0 Å². The van der Waals surface area contributed by atoms with Crippen molar-refractivity contribution < 1.29 is 14.3 Å². The van der Waals surface area contributed by atoms with Crippen molar-refractivity contribution in [3.8, 4) is 0 Å². The predicted molar refractivity (Wildman–Crippen MR) is 74.2 cm³/mol. The standard InChI is InChI=1S/C14H19N3O3/c1-2-20-14(19)17-8-4-5-11(10-17)13(18)16-12-6-3-7-15-9-12/h3,6-7,9,11H,2,4-5,8,10H2,1H3,(H,16,18)/t11-/m0/s1. The van der Waals surface area contributed by atoms with Crippen molar-refractivity contribution >= 4 is 17.7 Å². The minimum absolute atomic E-state index is 0.0769. The number of anilines is 1. The van der Waals surface area contributed by atoms with E-state index in [9.17, 15) is 9.59 Å². The molecule has 108 valence electrons. The first-order valence-electron chi connectivity index (χ1n) is 6.83. The molecule has 20 heavy (non-hydrogen) atoms. The summed E-state index contributed by atoms with van der Waals surface area (Å²) in [5, 5.41) is 2.82. The van der Waals surface area contributed by atoms with Crippen LogP contribution in [-0.4, -0.2) is 41.6 Å². The van der Waals surface area contributed by atoms with Crippen LogP contribution in [0, 0.1) is 5.92 Å². The van der Waals surface area contributed by atoms with Crippen LogP contribution in [0.15, 0.2) is 24.5 Å². The number of aromatic nitrogens is 1. The van der Waals surface area contributed by atoms with E-state index in [0.29, 0.717) is 25.4 Å². The van der Waals surface area contributed by atoms with E-state index >= 15 is 0 Å². The summed E-state index contributed by atoms with van der Waals surface area (Å²) in [5.74, 6) is -0.277. The number of carbonyl (C=O) groups is 2. The third-order valence-corrected chi connectivity index (χ3v) is 3.25. The fourth-order valence-corrected chi connectivity index (χ4v) is 2.25. The molecule has 1 aliphatic rings. The first-order chi connectivity index (χ1) is 9.70. The normalized spacial score (nSPS) is 18.4. The first-order valence-corrected chi connectivity index (χ1v) is 6.83. The average Bonchev–Trinajstić information content (AvgIpc) is 2.48. The van der Waals surface area contributed by atoms with Gasteiger partial charge in [0.15, 0.2) is 0 Å². The van der Waals surface area contributed by atoms with Crippen LogP contribution in [0.2, 0.25) is 0 Å². The van der Waals surface area contributed by atoms with Gasteiger partial charge in [0, 0.05) is 19.3 Å². The minimum Gasteiger partial charge on any atom is -0.450 e. The Bertz CT molecular complexity index is 464. The lowest BCUT2D eigenvalue weighted by Gasteiger charge is -2.31. The summed E-state index contributed by atoms with van der Waals surface area (Å²) in [5.41, 5.74) is 0.672. The molecule has 1 aromatic rings. The molecule has 0 unspecified atom stereocenters. The quantitative estimate of drug-likeness (QED) is 0.915. The Hall–Kier alpha value is -2.11. The zero-order valence-corrected chi connectivity index (χ0v) is 11.5. The third-order valence-electron chi connectivity index (χ3n) is 3.25. The van der Waals surface area contributed by atoms with Gasteiger partial charge in [0.2, 0.25) is 5.91 Å². The number of ether oxygens (including phenoxy) is 1. The summed E-state index contributed by atoms with van der Waals surface area (Å²) in [7, 11) is 0. The van der Waals surface area contributed by atoms with Gasteiger partial charge in [0.25, 0.3) is 0 Å². The number of amides is 2. The molecule has 0 aromatic carbocycles. The smallest absolute Gasteiger partial charge is 0.409 e. The van der Waals surface area contributed by atoms with Crippen LogP contribution in [-0.2, 0) is 9.53 Å². The number of nitrogens with one attached hydrogen (secondary N) is 1. The maximum Gasteiger partial charge on any atom is 0.409 e. The summed E-state index contributed by atoms with van der Waals surface area (Å²) in [6.45, 7) is 3.18. The molecule has 0 spiro atoms. The van der Waals surface area contributed by atoms with E-state index in [1.165, 1.54) is 0 Å². The minimum atomic E-state index is -0.341. The van der Waals surface area contributed by atoms with Gasteiger partial charge in [-0.15, -0.1) is 0 Å². The molecule has 0 saturated carbocycles. The highest BCUT2D eigenvalue weighted by molar-refractivity contribution is 5.92. The molecule has 1 N–H and O–H groups in total. The molecular weight excluding hydrogens is 258 g/mol. The van der Waals surface area contributed by atoms with E-state index in [1.54, 1.807) is 36.4 Å². The van der Waals surface area contributed by atoms with Crippen LogP contribution in [0.4, 0.5) is 10.5 Å². The Morgan fingerprint density at radius 1 is 1.55 bits per heavy atom. The number of rotatable bonds is 3. The van der Waals surface area contributed by atoms with Gasteiger partial charge in [-0.05, 0) is 31.9 Å². The summed E-state index contributed by atoms with van der Waals surface area (Å²) in [6, 6.07) is 3.55. The summed E-state index contributed by atoms with van der Waals surface area (Å²) in [4.78, 5) is 29.4. The maximum absolute atomic E-state index is 12.2. The lowest BCUT2D eigenvalue weighted by atomic mass is 9.97. The van der Waals surface area contributed by atoms with Crippen molar-refractivity contribution in [1.82, 2.24) is 9.88 Å². The number of likely N-dealkylation sites (tertiary alicyclic amines) is 1. The second-order valence-corrected chi connectivity index (χ2v) is 4.72. The average molecular weight is 277 g/mol. The molecule has 6 heteroatoms. The molecule has 1 fully saturated rings. The third kappa shape index (κ3) is 3.69. The summed E-state index contributed by atoms with van der Waals surface area (Å²) in [6.07, 6.45) is 4.50. The van der Waals surface area contributed by atoms with E-state index in [1.807, 2.05) is 0 Å². The van der Waals surface area contributed by atoms with Gasteiger partial charge in [-0.2, -0.15) is 0 Å². The molecule has 1 aliphatic heterocycles. The van der Waals surface area contributed by atoms with Gasteiger partial charge in [0.1, 0.15) is 0 Å². The van der Waals surface area contributed by atoms with Crippen molar-refractivity contribution in [3.05, 3.63) is 24.5 Å². The predicted octanol–water partition coefficient (Wildman–Crippen LogP) is 1.89. The lowest BCUT2D eigenvalue weighted by molar-refractivity contribution is -0.121. The van der Waals surface area contributed by atoms with Crippen molar-refractivity contribution in [2.24, 2.45) is 5.92 Å². The molecule has 6 nitrogen and oxygen atoms in total. The monoisotopic (exact) mass is 277 g/mol. The van der Waals surface area contributed by atoms with Crippen LogP contribution in [0.1, 0.15) is 19.8 Å². The summed E-state index contributed by atoms with van der Waals surface area (Å²) < 4.78 is 4.97. The molecule has 2 rings (SSSR count). The van der Waals surface area contributed by atoms with E-state index in [-0.39, 0.29) is 17.9 Å². The highest BCUT2D eigenvalue weighted by Gasteiger charge is 2.29. The van der Waals surface area contributed by atoms with Crippen LogP contribution in [0.3, 0.4) is 0 Å². The Morgan fingerprint density at radius 3 is 3.10 bits per heavy atom. The van der Waals surface area contributed by atoms with E-state index < -0.39 is 0 Å². The van der Waals surface area contributed by atoms with Gasteiger partial charge in [-0.3, -0.25) is 9.78 Å². The van der Waals surface area contributed by atoms with Gasteiger partial charge in [0.05, 0.1) is 24.4 Å². The topological polar surface area (TPSA) is 71.5 Å². The van der Waals surface area contributed by atoms with Crippen LogP contribution < -0.4 is 5.32 Å². The number of hydrogen-bond acceptors (Lipinski definition) is 4. The molecule has 1 atom stereocenters. The van der Waals surface area contributed by atoms with Gasteiger partial charge in [-0.25, -0.2) is 4.79 Å². The van der Waals surface area contributed by atoms with Crippen LogP contribution in [0.5, 0.6) is 0 Å². The lowest BCUT2D eigenvalue weighted by Crippen LogP contribution is -2.44. The number of carbonyl (C=O) groups excluding carboxylic acids is 2. The molecular formula is C14H19N3O3. The highest BCUT2D eigenvalue weighted by Crippen LogP contribution is 2.19. The van der Waals surface area contributed by atoms with Crippen molar-refractivity contribution in [2.75, 3.05) is 25.0 Å².